The number of amides is 1. The van der Waals surface area contributed by atoms with Gasteiger partial charge >= 0.3 is 0 Å². The Morgan fingerprint density at radius 1 is 1.17 bits per heavy atom. The summed E-state index contributed by atoms with van der Waals surface area (Å²) in [5.41, 5.74) is -0.352. The van der Waals surface area contributed by atoms with E-state index >= 15 is 0 Å². The molecule has 0 bridgehead atoms. The number of nitrogens with zero attached hydrogens (tertiary/aromatic N) is 2. The molecule has 0 saturated heterocycles. The molecule has 0 heterocycles. The molecule has 170 valence electrons. The summed E-state index contributed by atoms with van der Waals surface area (Å²) in [4.78, 5) is 19.1. The molecule has 1 aliphatic carbocycles. The van der Waals surface area contributed by atoms with Crippen molar-refractivity contribution in [2.75, 3.05) is 40.3 Å². The summed E-state index contributed by atoms with van der Waals surface area (Å²) in [7, 11) is 3.65. The van der Waals surface area contributed by atoms with E-state index in [9.17, 15) is 9.18 Å². The predicted octanol–water partition coefficient (Wildman–Crippen LogP) is 3.81. The van der Waals surface area contributed by atoms with Crippen LogP contribution in [0.5, 0.6) is 5.75 Å². The highest BCUT2D eigenvalue weighted by molar-refractivity contribution is 14.0. The molecule has 2 N–H and O–H groups in total. The molecule has 6 nitrogen and oxygen atoms in total. The Hall–Kier alpha value is -1.58. The fourth-order valence-corrected chi connectivity index (χ4v) is 3.69. The summed E-state index contributed by atoms with van der Waals surface area (Å²) in [6.45, 7) is 4.68. The van der Waals surface area contributed by atoms with Crippen molar-refractivity contribution < 1.29 is 13.9 Å². The van der Waals surface area contributed by atoms with Crippen molar-refractivity contribution in [1.82, 2.24) is 15.5 Å². The minimum absolute atomic E-state index is 0. The Morgan fingerprint density at radius 3 is 2.43 bits per heavy atom. The number of carbonyl (C=O) groups excluding carboxylic acids is 1. The third-order valence-corrected chi connectivity index (χ3v) is 5.25. The highest BCUT2D eigenvalue weighted by Gasteiger charge is 2.42. The van der Waals surface area contributed by atoms with Gasteiger partial charge in [-0.2, -0.15) is 0 Å². The first-order chi connectivity index (χ1) is 14.0. The number of aliphatic imine (C=N–C) groups is 1. The van der Waals surface area contributed by atoms with Gasteiger partial charge in [-0.05, 0) is 56.9 Å². The van der Waals surface area contributed by atoms with Crippen LogP contribution in [-0.2, 0) is 4.79 Å². The molecular weight excluding hydrogens is 498 g/mol. The van der Waals surface area contributed by atoms with Gasteiger partial charge in [0.15, 0.2) is 5.96 Å². The Bertz CT molecular complexity index is 662. The lowest BCUT2D eigenvalue weighted by molar-refractivity contribution is -0.138. The van der Waals surface area contributed by atoms with Gasteiger partial charge in [0.2, 0.25) is 5.91 Å². The highest BCUT2D eigenvalue weighted by Crippen LogP contribution is 2.39. The SMILES string of the molecule is CCNC(=NCC1(C(=O)N(C)C)CCCC1)NCCCCOc1ccc(F)cc1.I. The molecule has 8 heteroatoms. The monoisotopic (exact) mass is 534 g/mol. The number of halogens is 2. The van der Waals surface area contributed by atoms with Gasteiger partial charge in [0.25, 0.3) is 0 Å². The van der Waals surface area contributed by atoms with E-state index in [1.165, 1.54) is 12.1 Å². The molecule has 30 heavy (non-hydrogen) atoms. The third-order valence-electron chi connectivity index (χ3n) is 5.25. The lowest BCUT2D eigenvalue weighted by Gasteiger charge is -2.29. The standard InChI is InChI=1S/C22H35FN4O2.HI/c1-4-24-21(26-17-22(13-5-6-14-22)20(28)27(2)3)25-15-7-8-16-29-19-11-9-18(23)10-12-19;/h9-12H,4-8,13-17H2,1-3H3,(H2,24,25,26);1H. The molecule has 0 aliphatic heterocycles. The van der Waals surface area contributed by atoms with Crippen molar-refractivity contribution in [3.05, 3.63) is 30.1 Å². The van der Waals surface area contributed by atoms with Crippen LogP contribution in [0.2, 0.25) is 0 Å². The maximum atomic E-state index is 12.9. The van der Waals surface area contributed by atoms with Crippen molar-refractivity contribution in [3.8, 4) is 5.75 Å². The molecular formula is C22H36FIN4O2. The summed E-state index contributed by atoms with van der Waals surface area (Å²) in [5, 5.41) is 6.61. The molecule has 0 spiro atoms. The van der Waals surface area contributed by atoms with Gasteiger partial charge in [0.05, 0.1) is 18.6 Å². The Balaban J connectivity index is 0.00000450. The van der Waals surface area contributed by atoms with Crippen molar-refractivity contribution in [2.45, 2.75) is 45.4 Å². The van der Waals surface area contributed by atoms with E-state index in [2.05, 4.69) is 10.6 Å². The number of unbranched alkanes of at least 4 members (excludes halogenated alkanes) is 1. The summed E-state index contributed by atoms with van der Waals surface area (Å²) < 4.78 is 18.5. The molecule has 1 saturated carbocycles. The molecule has 1 aromatic carbocycles. The second kappa shape index (κ2) is 13.7. The van der Waals surface area contributed by atoms with Crippen LogP contribution >= 0.6 is 24.0 Å². The van der Waals surface area contributed by atoms with E-state index in [-0.39, 0.29) is 41.1 Å². The first-order valence-electron chi connectivity index (χ1n) is 10.6. The van der Waals surface area contributed by atoms with Gasteiger partial charge in [-0.3, -0.25) is 9.79 Å². The van der Waals surface area contributed by atoms with Crippen LogP contribution in [0.1, 0.15) is 45.4 Å². The van der Waals surface area contributed by atoms with Crippen LogP contribution in [-0.4, -0.2) is 57.1 Å². The second-order valence-electron chi connectivity index (χ2n) is 7.82. The molecule has 1 aromatic rings. The van der Waals surface area contributed by atoms with E-state index in [1.807, 2.05) is 21.0 Å². The van der Waals surface area contributed by atoms with Gasteiger partial charge in [0, 0.05) is 27.2 Å². The fourth-order valence-electron chi connectivity index (χ4n) is 3.69. The van der Waals surface area contributed by atoms with Crippen LogP contribution in [0.3, 0.4) is 0 Å². The molecule has 0 aromatic heterocycles. The van der Waals surface area contributed by atoms with Gasteiger partial charge in [-0.25, -0.2) is 4.39 Å². The van der Waals surface area contributed by atoms with E-state index in [0.717, 1.165) is 57.6 Å². The van der Waals surface area contributed by atoms with Crippen LogP contribution in [0.15, 0.2) is 29.3 Å². The topological polar surface area (TPSA) is 66.0 Å². The van der Waals surface area contributed by atoms with Crippen molar-refractivity contribution in [2.24, 2.45) is 10.4 Å². The number of carbonyl (C=O) groups is 1. The number of hydrogen-bond donors (Lipinski definition) is 2. The number of hydrogen-bond acceptors (Lipinski definition) is 3. The molecule has 1 fully saturated rings. The average molecular weight is 534 g/mol. The molecule has 0 atom stereocenters. The van der Waals surface area contributed by atoms with Crippen LogP contribution in [0, 0.1) is 11.2 Å². The predicted molar refractivity (Wildman–Crippen MR) is 130 cm³/mol. The van der Waals surface area contributed by atoms with Gasteiger partial charge in [-0.15, -0.1) is 24.0 Å². The van der Waals surface area contributed by atoms with Crippen molar-refractivity contribution >= 4 is 35.8 Å². The number of rotatable bonds is 10. The summed E-state index contributed by atoms with van der Waals surface area (Å²) in [6.07, 6.45) is 5.81. The molecule has 1 aliphatic rings. The maximum Gasteiger partial charge on any atom is 0.230 e. The first kappa shape index (κ1) is 26.5. The summed E-state index contributed by atoms with van der Waals surface area (Å²) in [5.74, 6) is 1.36. The largest absolute Gasteiger partial charge is 0.494 e. The number of nitrogens with one attached hydrogen (secondary N) is 2. The normalized spacial score (nSPS) is 15.3. The lowest BCUT2D eigenvalue weighted by atomic mass is 9.85. The summed E-state index contributed by atoms with van der Waals surface area (Å²) in [6, 6.07) is 6.07. The van der Waals surface area contributed by atoms with Gasteiger partial charge in [-0.1, -0.05) is 12.8 Å². The zero-order valence-electron chi connectivity index (χ0n) is 18.4. The Morgan fingerprint density at radius 2 is 1.83 bits per heavy atom. The van der Waals surface area contributed by atoms with E-state index in [4.69, 9.17) is 9.73 Å². The lowest BCUT2D eigenvalue weighted by Crippen LogP contribution is -2.43. The van der Waals surface area contributed by atoms with Gasteiger partial charge < -0.3 is 20.3 Å². The maximum absolute atomic E-state index is 12.9. The zero-order chi connectivity index (χ0) is 21.1. The molecule has 2 rings (SSSR count). The van der Waals surface area contributed by atoms with Gasteiger partial charge in [0.1, 0.15) is 11.6 Å². The highest BCUT2D eigenvalue weighted by atomic mass is 127. The van der Waals surface area contributed by atoms with Crippen LogP contribution < -0.4 is 15.4 Å². The first-order valence-corrected chi connectivity index (χ1v) is 10.6. The van der Waals surface area contributed by atoms with Crippen molar-refractivity contribution in [1.29, 1.82) is 0 Å². The van der Waals surface area contributed by atoms with E-state index in [1.54, 1.807) is 17.0 Å². The molecule has 0 radical (unpaired) electrons. The number of guanidine groups is 1. The molecule has 0 unspecified atom stereocenters. The summed E-state index contributed by atoms with van der Waals surface area (Å²) >= 11 is 0. The third kappa shape index (κ3) is 8.28. The van der Waals surface area contributed by atoms with E-state index < -0.39 is 0 Å². The Labute approximate surface area is 197 Å². The molecule has 1 amide bonds. The minimum Gasteiger partial charge on any atom is -0.494 e. The number of ether oxygens (including phenoxy) is 1. The minimum atomic E-state index is -0.352. The average Bonchev–Trinajstić information content (AvgIpc) is 3.19. The quantitative estimate of drug-likeness (QED) is 0.208. The Kier molecular flexibility index (Phi) is 12.1. The number of benzene rings is 1. The smallest absolute Gasteiger partial charge is 0.230 e. The van der Waals surface area contributed by atoms with Crippen LogP contribution in [0.4, 0.5) is 4.39 Å². The van der Waals surface area contributed by atoms with Crippen molar-refractivity contribution in [3.63, 3.8) is 0 Å². The van der Waals surface area contributed by atoms with Crippen LogP contribution in [0.25, 0.3) is 0 Å². The van der Waals surface area contributed by atoms with E-state index in [0.29, 0.717) is 18.9 Å². The fraction of sp³-hybridized carbons (Fsp3) is 0.636. The zero-order valence-corrected chi connectivity index (χ0v) is 20.7. The second-order valence-corrected chi connectivity index (χ2v) is 7.82.